The molecule has 1 N–H and O–H groups in total. The first kappa shape index (κ1) is 13.1. The van der Waals surface area contributed by atoms with E-state index in [2.05, 4.69) is 12.6 Å². The minimum Gasteiger partial charge on any atom is -0.480 e. The topological polar surface area (TPSA) is 57.6 Å². The Labute approximate surface area is 94.8 Å². The lowest BCUT2D eigenvalue weighted by Gasteiger charge is -2.25. The van der Waals surface area contributed by atoms with Gasteiger partial charge in [0.2, 0.25) is 5.91 Å². The maximum atomic E-state index is 12.2. The lowest BCUT2D eigenvalue weighted by molar-refractivity contribution is -0.162. The van der Waals surface area contributed by atoms with E-state index in [0.29, 0.717) is 6.42 Å². The number of rotatable bonds is 2. The Morgan fingerprint density at radius 2 is 2.00 bits per heavy atom. The molecule has 1 unspecified atom stereocenters. The maximum Gasteiger partial charge on any atom is 0.409 e. The molecule has 1 rings (SSSR count). The molecular formula is C8H10F3NO3S. The van der Waals surface area contributed by atoms with Crippen molar-refractivity contribution in [1.29, 1.82) is 0 Å². The molecule has 1 amide bonds. The van der Waals surface area contributed by atoms with Crippen LogP contribution in [0, 0.1) is 0 Å². The lowest BCUT2D eigenvalue weighted by atomic mass is 10.2. The number of carboxylic acid groups (broad SMARTS) is 1. The van der Waals surface area contributed by atoms with Crippen LogP contribution in [0.5, 0.6) is 0 Å². The van der Waals surface area contributed by atoms with Crippen LogP contribution in [0.4, 0.5) is 13.2 Å². The minimum absolute atomic E-state index is 0.0307. The second-order valence-electron chi connectivity index (χ2n) is 3.47. The summed E-state index contributed by atoms with van der Waals surface area (Å²) in [7, 11) is 0. The number of halogens is 3. The van der Waals surface area contributed by atoms with Gasteiger partial charge in [0.05, 0.1) is 0 Å². The predicted octanol–water partition coefficient (Wildman–Crippen LogP) is 0.923. The quantitative estimate of drug-likeness (QED) is 0.723. The number of hydrogen-bond donors (Lipinski definition) is 2. The Bertz CT molecular complexity index is 307. The van der Waals surface area contributed by atoms with Crippen LogP contribution >= 0.6 is 12.6 Å². The molecule has 0 saturated carbocycles. The SMILES string of the molecule is O=C(O)[C@@H]1CCCN1C(=O)C(S)C(F)(F)F. The minimum atomic E-state index is -4.76. The molecule has 0 radical (unpaired) electrons. The second kappa shape index (κ2) is 4.52. The fraction of sp³-hybridized carbons (Fsp3) is 0.750. The summed E-state index contributed by atoms with van der Waals surface area (Å²) in [4.78, 5) is 22.8. The summed E-state index contributed by atoms with van der Waals surface area (Å²) in [6.07, 6.45) is -4.19. The van der Waals surface area contributed by atoms with Gasteiger partial charge in [-0.25, -0.2) is 4.79 Å². The Hall–Kier alpha value is -0.920. The van der Waals surface area contributed by atoms with Crippen molar-refractivity contribution in [3.63, 3.8) is 0 Å². The fourth-order valence-electron chi connectivity index (χ4n) is 1.58. The number of amides is 1. The van der Waals surface area contributed by atoms with Crippen molar-refractivity contribution in [2.75, 3.05) is 6.54 Å². The third-order valence-electron chi connectivity index (χ3n) is 2.36. The molecule has 4 nitrogen and oxygen atoms in total. The van der Waals surface area contributed by atoms with Gasteiger partial charge < -0.3 is 10.0 Å². The van der Waals surface area contributed by atoms with Crippen molar-refractivity contribution < 1.29 is 27.9 Å². The van der Waals surface area contributed by atoms with Crippen molar-refractivity contribution in [1.82, 2.24) is 4.90 Å². The van der Waals surface area contributed by atoms with Crippen LogP contribution in [0.15, 0.2) is 0 Å². The van der Waals surface area contributed by atoms with Crippen LogP contribution < -0.4 is 0 Å². The summed E-state index contributed by atoms with van der Waals surface area (Å²) in [5.74, 6) is -2.57. The van der Waals surface area contributed by atoms with E-state index in [4.69, 9.17) is 5.11 Å². The van der Waals surface area contributed by atoms with Gasteiger partial charge in [-0.3, -0.25) is 4.79 Å². The van der Waals surface area contributed by atoms with Gasteiger partial charge in [-0.1, -0.05) is 0 Å². The van der Waals surface area contributed by atoms with Crippen LogP contribution in [0.25, 0.3) is 0 Å². The number of likely N-dealkylation sites (tertiary alicyclic amines) is 1. The average Bonchev–Trinajstić information content (AvgIpc) is 2.62. The number of thiol groups is 1. The van der Waals surface area contributed by atoms with E-state index in [1.54, 1.807) is 0 Å². The smallest absolute Gasteiger partial charge is 0.409 e. The van der Waals surface area contributed by atoms with Gasteiger partial charge in [0.15, 0.2) is 5.25 Å². The Morgan fingerprint density at radius 1 is 1.44 bits per heavy atom. The van der Waals surface area contributed by atoms with Gasteiger partial charge in [-0.05, 0) is 12.8 Å². The highest BCUT2D eigenvalue weighted by Gasteiger charge is 2.47. The van der Waals surface area contributed by atoms with Crippen molar-refractivity contribution >= 4 is 24.5 Å². The van der Waals surface area contributed by atoms with Gasteiger partial charge >= 0.3 is 12.1 Å². The first-order valence-corrected chi connectivity index (χ1v) is 5.05. The molecule has 0 aromatic rings. The van der Waals surface area contributed by atoms with Crippen molar-refractivity contribution in [2.45, 2.75) is 30.3 Å². The molecule has 2 atom stereocenters. The summed E-state index contributed by atoms with van der Waals surface area (Å²) >= 11 is 3.18. The van der Waals surface area contributed by atoms with Gasteiger partial charge in [0.1, 0.15) is 6.04 Å². The van der Waals surface area contributed by atoms with Crippen molar-refractivity contribution in [3.05, 3.63) is 0 Å². The zero-order valence-corrected chi connectivity index (χ0v) is 8.96. The Morgan fingerprint density at radius 3 is 2.44 bits per heavy atom. The number of nitrogens with zero attached hydrogens (tertiary/aromatic N) is 1. The van der Waals surface area contributed by atoms with Crippen molar-refractivity contribution in [3.8, 4) is 0 Å². The van der Waals surface area contributed by atoms with E-state index in [1.165, 1.54) is 0 Å². The summed E-state index contributed by atoms with van der Waals surface area (Å²) in [6, 6.07) is -1.16. The standard InChI is InChI=1S/C8H10F3NO3S/c9-8(10,11)5(16)6(13)12-3-1-2-4(12)7(14)15/h4-5,16H,1-3H2,(H,14,15)/t4-,5?/m0/s1. The lowest BCUT2D eigenvalue weighted by Crippen LogP contribution is -2.48. The first-order valence-electron chi connectivity index (χ1n) is 4.53. The van der Waals surface area contributed by atoms with Gasteiger partial charge in [-0.2, -0.15) is 25.8 Å². The number of carbonyl (C=O) groups excluding carboxylic acids is 1. The van der Waals surface area contributed by atoms with E-state index in [0.717, 1.165) is 4.90 Å². The van der Waals surface area contributed by atoms with Crippen molar-refractivity contribution in [2.24, 2.45) is 0 Å². The summed E-state index contributed by atoms with van der Waals surface area (Å²) < 4.78 is 36.6. The molecule has 0 aromatic heterocycles. The summed E-state index contributed by atoms with van der Waals surface area (Å²) in [5.41, 5.74) is 0. The average molecular weight is 257 g/mol. The molecule has 1 aliphatic rings. The predicted molar refractivity (Wildman–Crippen MR) is 51.2 cm³/mol. The normalized spacial score (nSPS) is 23.2. The fourth-order valence-corrected chi connectivity index (χ4v) is 1.73. The van der Waals surface area contributed by atoms with E-state index < -0.39 is 29.3 Å². The number of alkyl halides is 3. The molecule has 1 heterocycles. The van der Waals surface area contributed by atoms with Crippen LogP contribution in [0.1, 0.15) is 12.8 Å². The molecule has 1 aliphatic heterocycles. The van der Waals surface area contributed by atoms with Crippen LogP contribution in [0.2, 0.25) is 0 Å². The monoisotopic (exact) mass is 257 g/mol. The van der Waals surface area contributed by atoms with E-state index >= 15 is 0 Å². The highest BCUT2D eigenvalue weighted by molar-refractivity contribution is 7.81. The molecule has 1 saturated heterocycles. The molecule has 0 aliphatic carbocycles. The second-order valence-corrected chi connectivity index (χ2v) is 3.99. The molecule has 1 fully saturated rings. The Kier molecular flexibility index (Phi) is 3.72. The van der Waals surface area contributed by atoms with Gasteiger partial charge in [0.25, 0.3) is 0 Å². The number of carbonyl (C=O) groups is 2. The Balaban J connectivity index is 2.77. The maximum absolute atomic E-state index is 12.2. The molecule has 16 heavy (non-hydrogen) atoms. The first-order chi connectivity index (χ1) is 7.25. The summed E-state index contributed by atoms with van der Waals surface area (Å²) in [5, 5.41) is 6.27. The number of carboxylic acids is 1. The van der Waals surface area contributed by atoms with E-state index in [1.807, 2.05) is 0 Å². The number of aliphatic carboxylic acids is 1. The van der Waals surface area contributed by atoms with E-state index in [9.17, 15) is 22.8 Å². The largest absolute Gasteiger partial charge is 0.480 e. The molecule has 0 spiro atoms. The highest BCUT2D eigenvalue weighted by atomic mass is 32.1. The van der Waals surface area contributed by atoms with Crippen LogP contribution in [-0.2, 0) is 9.59 Å². The molecular weight excluding hydrogens is 247 g/mol. The zero-order chi connectivity index (χ0) is 12.5. The third kappa shape index (κ3) is 2.60. The molecule has 92 valence electrons. The molecule has 0 bridgehead atoms. The summed E-state index contributed by atoms with van der Waals surface area (Å²) in [6.45, 7) is 0.0307. The highest BCUT2D eigenvalue weighted by Crippen LogP contribution is 2.29. The van der Waals surface area contributed by atoms with Gasteiger partial charge in [0, 0.05) is 6.54 Å². The van der Waals surface area contributed by atoms with Gasteiger partial charge in [-0.15, -0.1) is 0 Å². The third-order valence-corrected chi connectivity index (χ3v) is 2.88. The van der Waals surface area contributed by atoms with Crippen LogP contribution in [-0.4, -0.2) is 45.9 Å². The molecule has 8 heteroatoms. The molecule has 0 aromatic carbocycles. The number of hydrogen-bond acceptors (Lipinski definition) is 3. The van der Waals surface area contributed by atoms with Crippen LogP contribution in [0.3, 0.4) is 0 Å². The van der Waals surface area contributed by atoms with E-state index in [-0.39, 0.29) is 13.0 Å². The zero-order valence-electron chi connectivity index (χ0n) is 8.07.